The largest absolute Gasteiger partial charge is 0.389 e. The Bertz CT molecular complexity index is 618. The number of aliphatic hydroxyl groups is 1. The molecule has 0 spiro atoms. The van der Waals surface area contributed by atoms with Crippen LogP contribution in [-0.4, -0.2) is 41.4 Å². The molecule has 0 fully saturated rings. The Balaban J connectivity index is 2.31. The molecule has 1 atom stereocenters. The number of aromatic nitrogens is 1. The number of nitrogens with one attached hydrogen (secondary N) is 1. The van der Waals surface area contributed by atoms with Gasteiger partial charge in [0.15, 0.2) is 0 Å². The Hall–Kier alpha value is -2.25. The third-order valence-electron chi connectivity index (χ3n) is 2.83. The van der Waals surface area contributed by atoms with Gasteiger partial charge in [-0.1, -0.05) is 0 Å². The van der Waals surface area contributed by atoms with Crippen LogP contribution in [-0.2, 0) is 4.74 Å². The molecule has 7 nitrogen and oxygen atoms in total. The van der Waals surface area contributed by atoms with Gasteiger partial charge in [-0.2, -0.15) is 0 Å². The fourth-order valence-corrected chi connectivity index (χ4v) is 1.94. The van der Waals surface area contributed by atoms with Crippen molar-refractivity contribution in [2.75, 3.05) is 25.6 Å². The first-order chi connectivity index (χ1) is 9.63. The van der Waals surface area contributed by atoms with Crippen molar-refractivity contribution in [2.24, 2.45) is 0 Å². The number of nitro groups is 1. The molecule has 1 aromatic carbocycles. The van der Waals surface area contributed by atoms with Crippen molar-refractivity contribution in [1.29, 1.82) is 0 Å². The van der Waals surface area contributed by atoms with Crippen LogP contribution in [0.15, 0.2) is 30.5 Å². The monoisotopic (exact) mass is 277 g/mol. The molecule has 7 heteroatoms. The topological polar surface area (TPSA) is 97.5 Å². The maximum absolute atomic E-state index is 11.0. The zero-order valence-corrected chi connectivity index (χ0v) is 10.9. The molecule has 1 aromatic heterocycles. The average molecular weight is 277 g/mol. The van der Waals surface area contributed by atoms with Crippen LogP contribution in [0.2, 0.25) is 0 Å². The van der Waals surface area contributed by atoms with Gasteiger partial charge in [-0.3, -0.25) is 15.1 Å². The number of benzene rings is 1. The number of hydrogen-bond acceptors (Lipinski definition) is 6. The van der Waals surface area contributed by atoms with E-state index in [0.717, 1.165) is 0 Å². The van der Waals surface area contributed by atoms with Gasteiger partial charge in [0.05, 0.1) is 28.7 Å². The smallest absolute Gasteiger partial charge is 0.278 e. The Labute approximate surface area is 115 Å². The van der Waals surface area contributed by atoms with Gasteiger partial charge in [0.25, 0.3) is 5.69 Å². The summed E-state index contributed by atoms with van der Waals surface area (Å²) in [6.45, 7) is 0.489. The number of ether oxygens (including phenoxy) is 1. The number of nitrogens with zero attached hydrogens (tertiary/aromatic N) is 2. The third-order valence-corrected chi connectivity index (χ3v) is 2.83. The second kappa shape index (κ2) is 6.27. The van der Waals surface area contributed by atoms with Crippen molar-refractivity contribution < 1.29 is 14.8 Å². The van der Waals surface area contributed by atoms with Gasteiger partial charge in [-0.05, 0) is 18.2 Å². The molecule has 0 aliphatic carbocycles. The first-order valence-electron chi connectivity index (χ1n) is 6.06. The van der Waals surface area contributed by atoms with Gasteiger partial charge in [0.2, 0.25) is 0 Å². The average Bonchev–Trinajstić information content (AvgIpc) is 2.44. The summed E-state index contributed by atoms with van der Waals surface area (Å²) in [7, 11) is 1.51. The summed E-state index contributed by atoms with van der Waals surface area (Å²) < 4.78 is 4.84. The van der Waals surface area contributed by atoms with E-state index in [1.165, 1.54) is 13.2 Å². The SMILES string of the molecule is COC[C@@H](O)CNc1ccc([N+](=O)[O-])c2cccnc12. The minimum absolute atomic E-state index is 0.0103. The Kier molecular flexibility index (Phi) is 4.44. The minimum Gasteiger partial charge on any atom is -0.389 e. The zero-order chi connectivity index (χ0) is 14.5. The molecule has 2 aromatic rings. The molecule has 1 heterocycles. The van der Waals surface area contributed by atoms with E-state index in [1.54, 1.807) is 24.4 Å². The van der Waals surface area contributed by atoms with E-state index in [9.17, 15) is 15.2 Å². The van der Waals surface area contributed by atoms with E-state index in [4.69, 9.17) is 4.74 Å². The highest BCUT2D eigenvalue weighted by Crippen LogP contribution is 2.29. The van der Waals surface area contributed by atoms with Crippen LogP contribution in [0, 0.1) is 10.1 Å². The number of fused-ring (bicyclic) bond motifs is 1. The Morgan fingerprint density at radius 1 is 1.50 bits per heavy atom. The van der Waals surface area contributed by atoms with Crippen molar-refractivity contribution in [2.45, 2.75) is 6.10 Å². The predicted octanol–water partition coefficient (Wildman–Crippen LogP) is 1.56. The lowest BCUT2D eigenvalue weighted by Crippen LogP contribution is -2.24. The molecule has 2 N–H and O–H groups in total. The van der Waals surface area contributed by atoms with Crippen molar-refractivity contribution in [1.82, 2.24) is 4.98 Å². The van der Waals surface area contributed by atoms with Crippen LogP contribution >= 0.6 is 0 Å². The summed E-state index contributed by atoms with van der Waals surface area (Å²) in [6, 6.07) is 6.32. The number of aliphatic hydroxyl groups excluding tert-OH is 1. The summed E-state index contributed by atoms with van der Waals surface area (Å²) in [5.41, 5.74) is 1.16. The Morgan fingerprint density at radius 3 is 3.00 bits per heavy atom. The number of nitro benzene ring substituents is 1. The molecule has 20 heavy (non-hydrogen) atoms. The molecule has 0 amide bonds. The molecule has 0 unspecified atom stereocenters. The summed E-state index contributed by atoms with van der Waals surface area (Å²) in [4.78, 5) is 14.7. The molecular weight excluding hydrogens is 262 g/mol. The number of hydrogen-bond donors (Lipinski definition) is 2. The van der Waals surface area contributed by atoms with E-state index in [0.29, 0.717) is 16.6 Å². The number of anilines is 1. The molecule has 0 bridgehead atoms. The van der Waals surface area contributed by atoms with E-state index in [1.807, 2.05) is 0 Å². The van der Waals surface area contributed by atoms with Gasteiger partial charge in [-0.25, -0.2) is 0 Å². The van der Waals surface area contributed by atoms with Crippen molar-refractivity contribution in [3.05, 3.63) is 40.6 Å². The van der Waals surface area contributed by atoms with Gasteiger partial charge < -0.3 is 15.2 Å². The fraction of sp³-hybridized carbons (Fsp3) is 0.308. The number of pyridine rings is 1. The first kappa shape index (κ1) is 14.2. The van der Waals surface area contributed by atoms with Crippen LogP contribution in [0.3, 0.4) is 0 Å². The van der Waals surface area contributed by atoms with E-state index >= 15 is 0 Å². The second-order valence-electron chi connectivity index (χ2n) is 4.28. The lowest BCUT2D eigenvalue weighted by Gasteiger charge is -2.13. The molecule has 0 radical (unpaired) electrons. The van der Waals surface area contributed by atoms with Crippen LogP contribution in [0.25, 0.3) is 10.9 Å². The molecule has 106 valence electrons. The van der Waals surface area contributed by atoms with Gasteiger partial charge in [0.1, 0.15) is 5.52 Å². The van der Waals surface area contributed by atoms with Gasteiger partial charge in [0, 0.05) is 25.9 Å². The van der Waals surface area contributed by atoms with Crippen LogP contribution in [0.5, 0.6) is 0 Å². The van der Waals surface area contributed by atoms with Crippen molar-refractivity contribution >= 4 is 22.3 Å². The summed E-state index contributed by atoms with van der Waals surface area (Å²) in [6.07, 6.45) is 0.914. The molecule has 0 aliphatic heterocycles. The number of rotatable bonds is 6. The normalized spacial score (nSPS) is 12.3. The fourth-order valence-electron chi connectivity index (χ4n) is 1.94. The third kappa shape index (κ3) is 3.01. The van der Waals surface area contributed by atoms with Gasteiger partial charge in [-0.15, -0.1) is 0 Å². The van der Waals surface area contributed by atoms with Crippen LogP contribution in [0.1, 0.15) is 0 Å². The highest BCUT2D eigenvalue weighted by Gasteiger charge is 2.15. The first-order valence-corrected chi connectivity index (χ1v) is 6.06. The highest BCUT2D eigenvalue weighted by atomic mass is 16.6. The standard InChI is InChI=1S/C13H15N3O4/c1-20-8-9(17)7-15-11-4-5-12(16(18)19)10-3-2-6-14-13(10)11/h2-6,9,15,17H,7-8H2,1H3/t9-/m0/s1. The van der Waals surface area contributed by atoms with E-state index in [-0.39, 0.29) is 18.8 Å². The number of methoxy groups -OCH3 is 1. The molecule has 0 saturated heterocycles. The van der Waals surface area contributed by atoms with E-state index in [2.05, 4.69) is 10.3 Å². The quantitative estimate of drug-likeness (QED) is 0.614. The lowest BCUT2D eigenvalue weighted by atomic mass is 10.1. The van der Waals surface area contributed by atoms with E-state index < -0.39 is 11.0 Å². The van der Waals surface area contributed by atoms with Crippen molar-refractivity contribution in [3.8, 4) is 0 Å². The summed E-state index contributed by atoms with van der Waals surface area (Å²) >= 11 is 0. The predicted molar refractivity (Wildman–Crippen MR) is 74.8 cm³/mol. The summed E-state index contributed by atoms with van der Waals surface area (Å²) in [5, 5.41) is 24.1. The van der Waals surface area contributed by atoms with Crippen molar-refractivity contribution in [3.63, 3.8) is 0 Å². The maximum atomic E-state index is 11.0. The van der Waals surface area contributed by atoms with Crippen LogP contribution in [0.4, 0.5) is 11.4 Å². The molecular formula is C13H15N3O4. The maximum Gasteiger partial charge on any atom is 0.278 e. The Morgan fingerprint density at radius 2 is 2.30 bits per heavy atom. The molecule has 2 rings (SSSR count). The minimum atomic E-state index is -0.658. The van der Waals surface area contributed by atoms with Crippen LogP contribution < -0.4 is 5.32 Å². The highest BCUT2D eigenvalue weighted by molar-refractivity contribution is 5.96. The number of non-ortho nitro benzene ring substituents is 1. The summed E-state index contributed by atoms with van der Waals surface area (Å²) in [5.74, 6) is 0. The van der Waals surface area contributed by atoms with Gasteiger partial charge >= 0.3 is 0 Å². The zero-order valence-electron chi connectivity index (χ0n) is 10.9. The lowest BCUT2D eigenvalue weighted by molar-refractivity contribution is -0.383. The second-order valence-corrected chi connectivity index (χ2v) is 4.28. The molecule has 0 aliphatic rings. The molecule has 0 saturated carbocycles.